The first kappa shape index (κ1) is 17.7. The van der Waals surface area contributed by atoms with Crippen molar-refractivity contribution in [3.63, 3.8) is 0 Å². The number of aromatic amines is 1. The standard InChI is InChI=1S/C20H28N4O/c1-3-17-8-4-5-9-18(17)20(25)21-11-16-7-6-10-24(12-16)13-19-15(2)22-14-23-19/h4-5,8-9,14,16H,3,6-7,10-13H2,1-2H3,(H,21,25)(H,22,23). The van der Waals surface area contributed by atoms with E-state index in [1.165, 1.54) is 12.8 Å². The monoisotopic (exact) mass is 340 g/mol. The van der Waals surface area contributed by atoms with Crippen LogP contribution in [0.2, 0.25) is 0 Å². The number of imidazole rings is 1. The van der Waals surface area contributed by atoms with Gasteiger partial charge in [0.1, 0.15) is 0 Å². The van der Waals surface area contributed by atoms with Gasteiger partial charge in [0.25, 0.3) is 5.91 Å². The average molecular weight is 340 g/mol. The number of rotatable bonds is 6. The molecule has 0 spiro atoms. The van der Waals surface area contributed by atoms with Crippen LogP contribution in [0.1, 0.15) is 47.1 Å². The molecule has 3 rings (SSSR count). The van der Waals surface area contributed by atoms with Gasteiger partial charge < -0.3 is 10.3 Å². The number of piperidine rings is 1. The molecule has 1 saturated heterocycles. The molecule has 25 heavy (non-hydrogen) atoms. The zero-order valence-electron chi connectivity index (χ0n) is 15.2. The van der Waals surface area contributed by atoms with E-state index in [1.807, 2.05) is 24.3 Å². The SMILES string of the molecule is CCc1ccccc1C(=O)NCC1CCCN(Cc2nc[nH]c2C)C1. The van der Waals surface area contributed by atoms with Crippen LogP contribution in [0.25, 0.3) is 0 Å². The molecule has 2 N–H and O–H groups in total. The maximum absolute atomic E-state index is 12.5. The summed E-state index contributed by atoms with van der Waals surface area (Å²) in [5.74, 6) is 0.559. The minimum atomic E-state index is 0.0534. The van der Waals surface area contributed by atoms with Gasteiger partial charge in [-0.15, -0.1) is 0 Å². The Morgan fingerprint density at radius 2 is 2.24 bits per heavy atom. The molecule has 1 atom stereocenters. The number of likely N-dealkylation sites (tertiary alicyclic amines) is 1. The third kappa shape index (κ3) is 4.48. The van der Waals surface area contributed by atoms with Crippen molar-refractivity contribution in [1.82, 2.24) is 20.2 Å². The maximum atomic E-state index is 12.5. The Morgan fingerprint density at radius 1 is 1.40 bits per heavy atom. The van der Waals surface area contributed by atoms with Gasteiger partial charge in [-0.2, -0.15) is 0 Å². The van der Waals surface area contributed by atoms with E-state index in [2.05, 4.69) is 34.0 Å². The molecule has 1 fully saturated rings. The van der Waals surface area contributed by atoms with Crippen LogP contribution in [-0.2, 0) is 13.0 Å². The van der Waals surface area contributed by atoms with Crippen LogP contribution in [0.15, 0.2) is 30.6 Å². The quantitative estimate of drug-likeness (QED) is 0.850. The average Bonchev–Trinajstić information content (AvgIpc) is 3.04. The Hall–Kier alpha value is -2.14. The van der Waals surface area contributed by atoms with Gasteiger partial charge in [0, 0.05) is 30.9 Å². The first-order valence-electron chi connectivity index (χ1n) is 9.24. The third-order valence-electron chi connectivity index (χ3n) is 5.10. The van der Waals surface area contributed by atoms with Gasteiger partial charge in [-0.3, -0.25) is 9.69 Å². The van der Waals surface area contributed by atoms with Gasteiger partial charge in [0.05, 0.1) is 12.0 Å². The van der Waals surface area contributed by atoms with E-state index in [1.54, 1.807) is 6.33 Å². The molecule has 134 valence electrons. The van der Waals surface area contributed by atoms with Crippen molar-refractivity contribution in [1.29, 1.82) is 0 Å². The van der Waals surface area contributed by atoms with Gasteiger partial charge in [-0.25, -0.2) is 4.98 Å². The summed E-state index contributed by atoms with van der Waals surface area (Å²) in [7, 11) is 0. The number of benzene rings is 1. The highest BCUT2D eigenvalue weighted by Gasteiger charge is 2.22. The molecular weight excluding hydrogens is 312 g/mol. The van der Waals surface area contributed by atoms with Crippen molar-refractivity contribution in [2.24, 2.45) is 5.92 Å². The van der Waals surface area contributed by atoms with Crippen molar-refractivity contribution >= 4 is 5.91 Å². The van der Waals surface area contributed by atoms with Crippen LogP contribution in [0, 0.1) is 12.8 Å². The van der Waals surface area contributed by atoms with Crippen molar-refractivity contribution < 1.29 is 4.79 Å². The number of hydrogen-bond acceptors (Lipinski definition) is 3. The van der Waals surface area contributed by atoms with E-state index in [0.29, 0.717) is 5.92 Å². The van der Waals surface area contributed by atoms with E-state index < -0.39 is 0 Å². The molecule has 1 amide bonds. The van der Waals surface area contributed by atoms with E-state index in [9.17, 15) is 4.79 Å². The molecular formula is C20H28N4O. The normalized spacial score (nSPS) is 18.2. The fraction of sp³-hybridized carbons (Fsp3) is 0.500. The predicted octanol–water partition coefficient (Wildman–Crippen LogP) is 2.92. The lowest BCUT2D eigenvalue weighted by molar-refractivity contribution is 0.0929. The highest BCUT2D eigenvalue weighted by atomic mass is 16.1. The molecule has 1 aromatic heterocycles. The first-order chi connectivity index (χ1) is 12.2. The fourth-order valence-electron chi connectivity index (χ4n) is 3.60. The number of hydrogen-bond donors (Lipinski definition) is 2. The highest BCUT2D eigenvalue weighted by Crippen LogP contribution is 2.18. The largest absolute Gasteiger partial charge is 0.352 e. The number of carbonyl (C=O) groups excluding carboxylic acids is 1. The molecule has 5 nitrogen and oxygen atoms in total. The second-order valence-electron chi connectivity index (χ2n) is 6.94. The van der Waals surface area contributed by atoms with Crippen LogP contribution in [0.5, 0.6) is 0 Å². The summed E-state index contributed by atoms with van der Waals surface area (Å²) < 4.78 is 0. The molecule has 2 aromatic rings. The minimum Gasteiger partial charge on any atom is -0.352 e. The van der Waals surface area contributed by atoms with Crippen molar-refractivity contribution in [3.8, 4) is 0 Å². The summed E-state index contributed by atoms with van der Waals surface area (Å²) >= 11 is 0. The van der Waals surface area contributed by atoms with Gasteiger partial charge in [0.2, 0.25) is 0 Å². The molecule has 0 saturated carbocycles. The Labute approximate surface area is 149 Å². The Balaban J connectivity index is 1.52. The van der Waals surface area contributed by atoms with E-state index >= 15 is 0 Å². The van der Waals surface area contributed by atoms with Crippen LogP contribution in [-0.4, -0.2) is 40.4 Å². The van der Waals surface area contributed by atoms with Gasteiger partial charge in [-0.1, -0.05) is 25.1 Å². The fourth-order valence-corrected chi connectivity index (χ4v) is 3.60. The van der Waals surface area contributed by atoms with Crippen molar-refractivity contribution in [2.75, 3.05) is 19.6 Å². The Morgan fingerprint density at radius 3 is 3.00 bits per heavy atom. The first-order valence-corrected chi connectivity index (χ1v) is 9.24. The molecule has 0 aliphatic carbocycles. The van der Waals surface area contributed by atoms with Crippen LogP contribution in [0.4, 0.5) is 0 Å². The number of nitrogens with zero attached hydrogens (tertiary/aromatic N) is 2. The lowest BCUT2D eigenvalue weighted by atomic mass is 9.97. The third-order valence-corrected chi connectivity index (χ3v) is 5.10. The maximum Gasteiger partial charge on any atom is 0.251 e. The summed E-state index contributed by atoms with van der Waals surface area (Å²) in [6, 6.07) is 7.87. The van der Waals surface area contributed by atoms with Crippen molar-refractivity contribution in [2.45, 2.75) is 39.7 Å². The molecule has 2 heterocycles. The molecule has 0 radical (unpaired) electrons. The second-order valence-corrected chi connectivity index (χ2v) is 6.94. The lowest BCUT2D eigenvalue weighted by Crippen LogP contribution is -2.40. The topological polar surface area (TPSA) is 61.0 Å². The summed E-state index contributed by atoms with van der Waals surface area (Å²) in [5.41, 5.74) is 4.19. The summed E-state index contributed by atoms with van der Waals surface area (Å²) in [6.45, 7) is 7.90. The number of carbonyl (C=O) groups is 1. The number of aryl methyl sites for hydroxylation is 2. The number of H-pyrrole nitrogens is 1. The van der Waals surface area contributed by atoms with Crippen LogP contribution >= 0.6 is 0 Å². The van der Waals surface area contributed by atoms with Crippen molar-refractivity contribution in [3.05, 3.63) is 53.1 Å². The van der Waals surface area contributed by atoms with Gasteiger partial charge in [0.15, 0.2) is 0 Å². The van der Waals surface area contributed by atoms with E-state index in [-0.39, 0.29) is 5.91 Å². The number of amides is 1. The van der Waals surface area contributed by atoms with Crippen LogP contribution in [0.3, 0.4) is 0 Å². The lowest BCUT2D eigenvalue weighted by Gasteiger charge is -2.32. The Bertz CT molecular complexity index is 709. The minimum absolute atomic E-state index is 0.0534. The van der Waals surface area contributed by atoms with E-state index in [0.717, 1.165) is 55.1 Å². The van der Waals surface area contributed by atoms with Gasteiger partial charge >= 0.3 is 0 Å². The molecule has 1 aliphatic rings. The predicted molar refractivity (Wildman–Crippen MR) is 99.5 cm³/mol. The van der Waals surface area contributed by atoms with E-state index in [4.69, 9.17) is 0 Å². The molecule has 5 heteroatoms. The van der Waals surface area contributed by atoms with Gasteiger partial charge in [-0.05, 0) is 50.3 Å². The summed E-state index contributed by atoms with van der Waals surface area (Å²) in [4.78, 5) is 22.5. The molecule has 1 aromatic carbocycles. The number of nitrogens with one attached hydrogen (secondary N) is 2. The zero-order valence-corrected chi connectivity index (χ0v) is 15.2. The molecule has 0 bridgehead atoms. The zero-order chi connectivity index (χ0) is 17.6. The second kappa shape index (κ2) is 8.30. The molecule has 1 aliphatic heterocycles. The Kier molecular flexibility index (Phi) is 5.87. The highest BCUT2D eigenvalue weighted by molar-refractivity contribution is 5.95. The summed E-state index contributed by atoms with van der Waals surface area (Å²) in [5, 5.41) is 3.15. The summed E-state index contributed by atoms with van der Waals surface area (Å²) in [6.07, 6.45) is 4.99. The van der Waals surface area contributed by atoms with Crippen LogP contribution < -0.4 is 5.32 Å². The smallest absolute Gasteiger partial charge is 0.251 e. The number of aromatic nitrogens is 2. The molecule has 1 unspecified atom stereocenters.